The van der Waals surface area contributed by atoms with Crippen molar-refractivity contribution in [2.45, 2.75) is 0 Å². The van der Waals surface area contributed by atoms with Gasteiger partial charge in [-0.05, 0) is 77.9 Å². The zero-order valence-corrected chi connectivity index (χ0v) is 29.6. The van der Waals surface area contributed by atoms with E-state index in [4.69, 9.17) is 18.8 Å². The second-order valence-corrected chi connectivity index (χ2v) is 13.8. The maximum atomic E-state index is 6.54. The number of fused-ring (bicyclic) bond motifs is 7. The fourth-order valence-electron chi connectivity index (χ4n) is 7.89. The fourth-order valence-corrected chi connectivity index (χ4v) is 7.89. The third-order valence-electron chi connectivity index (χ3n) is 10.5. The second-order valence-electron chi connectivity index (χ2n) is 13.8. The van der Waals surface area contributed by atoms with Gasteiger partial charge in [0.1, 0.15) is 22.3 Å². The van der Waals surface area contributed by atoms with Crippen molar-refractivity contribution in [1.29, 1.82) is 0 Å². The lowest BCUT2D eigenvalue weighted by atomic mass is 9.97. The molecule has 0 radical (unpaired) electrons. The standard InChI is InChI=1S/C50H31N3O2/c1-3-13-33(14-4-1)49-40-18-7-10-20-43(40)51-50(52-49)42-29-34(30-47-48(42)41-19-9-12-22-45(41)55-47)32-23-25-36(26-24-32)53(35-15-5-2-6-16-35)37-27-28-39-38-17-8-11-21-44(38)54-46(39)31-37/h1-31H. The van der Waals surface area contributed by atoms with Crippen molar-refractivity contribution in [2.75, 3.05) is 4.90 Å². The van der Waals surface area contributed by atoms with Crippen LogP contribution < -0.4 is 4.90 Å². The highest BCUT2D eigenvalue weighted by Gasteiger charge is 2.20. The predicted molar refractivity (Wildman–Crippen MR) is 225 cm³/mol. The lowest BCUT2D eigenvalue weighted by Crippen LogP contribution is -2.09. The largest absolute Gasteiger partial charge is 0.456 e. The van der Waals surface area contributed by atoms with Crippen molar-refractivity contribution in [3.8, 4) is 33.8 Å². The topological polar surface area (TPSA) is 55.3 Å². The van der Waals surface area contributed by atoms with E-state index in [1.807, 2.05) is 60.7 Å². The van der Waals surface area contributed by atoms with E-state index in [9.17, 15) is 0 Å². The molecule has 11 aromatic rings. The Morgan fingerprint density at radius 1 is 0.364 bits per heavy atom. The van der Waals surface area contributed by atoms with E-state index in [0.29, 0.717) is 5.82 Å². The van der Waals surface area contributed by atoms with Crippen LogP contribution in [0.3, 0.4) is 0 Å². The average molecular weight is 706 g/mol. The molecule has 55 heavy (non-hydrogen) atoms. The molecule has 0 saturated heterocycles. The number of aromatic nitrogens is 2. The van der Waals surface area contributed by atoms with Crippen LogP contribution in [0.1, 0.15) is 0 Å². The van der Waals surface area contributed by atoms with Gasteiger partial charge in [-0.25, -0.2) is 9.97 Å². The van der Waals surface area contributed by atoms with E-state index >= 15 is 0 Å². The molecule has 0 saturated carbocycles. The van der Waals surface area contributed by atoms with Crippen LogP contribution in [0.15, 0.2) is 197 Å². The molecule has 0 N–H and O–H groups in total. The molecule has 0 aliphatic rings. The average Bonchev–Trinajstić information content (AvgIpc) is 3.82. The van der Waals surface area contributed by atoms with Gasteiger partial charge in [0.15, 0.2) is 5.82 Å². The van der Waals surface area contributed by atoms with Crippen molar-refractivity contribution in [3.63, 3.8) is 0 Å². The zero-order chi connectivity index (χ0) is 36.3. The van der Waals surface area contributed by atoms with Crippen molar-refractivity contribution in [3.05, 3.63) is 188 Å². The number of anilines is 3. The lowest BCUT2D eigenvalue weighted by Gasteiger charge is -2.25. The highest BCUT2D eigenvalue weighted by Crippen LogP contribution is 2.42. The molecule has 258 valence electrons. The lowest BCUT2D eigenvalue weighted by molar-refractivity contribution is 0.668. The van der Waals surface area contributed by atoms with Crippen LogP contribution in [0, 0.1) is 0 Å². The summed E-state index contributed by atoms with van der Waals surface area (Å²) in [5, 5.41) is 5.27. The molecule has 0 bridgehead atoms. The molecule has 11 rings (SSSR count). The van der Waals surface area contributed by atoms with E-state index in [1.165, 1.54) is 0 Å². The van der Waals surface area contributed by atoms with Crippen molar-refractivity contribution in [2.24, 2.45) is 0 Å². The summed E-state index contributed by atoms with van der Waals surface area (Å²) < 4.78 is 12.8. The molecule has 0 aliphatic carbocycles. The highest BCUT2D eigenvalue weighted by molar-refractivity contribution is 6.13. The Labute approximate surface area is 316 Å². The second kappa shape index (κ2) is 12.6. The van der Waals surface area contributed by atoms with Crippen LogP contribution in [0.4, 0.5) is 17.1 Å². The molecular formula is C50H31N3O2. The normalized spacial score (nSPS) is 11.6. The first-order valence-corrected chi connectivity index (χ1v) is 18.4. The molecule has 0 amide bonds. The van der Waals surface area contributed by atoms with E-state index in [-0.39, 0.29) is 0 Å². The van der Waals surface area contributed by atoms with Gasteiger partial charge in [-0.2, -0.15) is 0 Å². The summed E-state index contributed by atoms with van der Waals surface area (Å²) in [4.78, 5) is 12.7. The SMILES string of the molecule is c1ccc(-c2nc(-c3cc(-c4ccc(N(c5ccccc5)c5ccc6c(c5)oc5ccccc56)cc4)cc4oc5ccccc5c34)nc3ccccc23)cc1. The van der Waals surface area contributed by atoms with E-state index in [2.05, 4.69) is 132 Å². The monoisotopic (exact) mass is 705 g/mol. The number of rotatable bonds is 6. The van der Waals surface area contributed by atoms with Crippen molar-refractivity contribution >= 4 is 71.8 Å². The van der Waals surface area contributed by atoms with Gasteiger partial charge in [0, 0.05) is 61.2 Å². The Morgan fingerprint density at radius 3 is 1.76 bits per heavy atom. The summed E-state index contributed by atoms with van der Waals surface area (Å²) >= 11 is 0. The Bertz CT molecular complexity index is 3200. The number of nitrogens with zero attached hydrogens (tertiary/aromatic N) is 3. The fraction of sp³-hybridized carbons (Fsp3) is 0. The number of benzene rings is 8. The number of hydrogen-bond acceptors (Lipinski definition) is 5. The maximum absolute atomic E-state index is 6.54. The molecule has 0 fully saturated rings. The summed E-state index contributed by atoms with van der Waals surface area (Å²) in [5.41, 5.74) is 12.3. The first kappa shape index (κ1) is 31.1. The quantitative estimate of drug-likeness (QED) is 0.172. The van der Waals surface area contributed by atoms with Gasteiger partial charge in [-0.15, -0.1) is 0 Å². The Morgan fingerprint density at radius 2 is 0.964 bits per heavy atom. The summed E-state index contributed by atoms with van der Waals surface area (Å²) in [6.07, 6.45) is 0. The Hall–Kier alpha value is -7.50. The van der Waals surface area contributed by atoms with Crippen LogP contribution in [-0.2, 0) is 0 Å². The van der Waals surface area contributed by atoms with E-state index in [0.717, 1.165) is 99.8 Å². The van der Waals surface area contributed by atoms with Gasteiger partial charge in [-0.3, -0.25) is 0 Å². The van der Waals surface area contributed by atoms with Crippen LogP contribution in [0.25, 0.3) is 88.6 Å². The Balaban J connectivity index is 1.07. The van der Waals surface area contributed by atoms with Crippen LogP contribution in [0.5, 0.6) is 0 Å². The van der Waals surface area contributed by atoms with Gasteiger partial charge in [0.05, 0.1) is 11.2 Å². The third-order valence-corrected chi connectivity index (χ3v) is 10.5. The van der Waals surface area contributed by atoms with Crippen LogP contribution >= 0.6 is 0 Å². The maximum Gasteiger partial charge on any atom is 0.161 e. The van der Waals surface area contributed by atoms with Crippen molar-refractivity contribution < 1.29 is 8.83 Å². The minimum atomic E-state index is 0.656. The zero-order valence-electron chi connectivity index (χ0n) is 29.6. The smallest absolute Gasteiger partial charge is 0.161 e. The molecule has 0 unspecified atom stereocenters. The predicted octanol–water partition coefficient (Wildman–Crippen LogP) is 13.9. The molecule has 3 aromatic heterocycles. The summed E-state index contributed by atoms with van der Waals surface area (Å²) in [7, 11) is 0. The number of hydrogen-bond donors (Lipinski definition) is 0. The number of para-hydroxylation sites is 4. The summed E-state index contributed by atoms with van der Waals surface area (Å²) in [6, 6.07) is 64.9. The molecular weight excluding hydrogens is 675 g/mol. The van der Waals surface area contributed by atoms with E-state index < -0.39 is 0 Å². The first-order valence-electron chi connectivity index (χ1n) is 18.4. The minimum Gasteiger partial charge on any atom is -0.456 e. The van der Waals surface area contributed by atoms with Gasteiger partial charge in [0.2, 0.25) is 0 Å². The summed E-state index contributed by atoms with van der Waals surface area (Å²) in [5.74, 6) is 0.656. The van der Waals surface area contributed by atoms with Crippen LogP contribution in [0.2, 0.25) is 0 Å². The molecule has 5 heteroatoms. The van der Waals surface area contributed by atoms with Gasteiger partial charge in [-0.1, -0.05) is 115 Å². The molecule has 8 aromatic carbocycles. The minimum absolute atomic E-state index is 0.656. The van der Waals surface area contributed by atoms with Gasteiger partial charge >= 0.3 is 0 Å². The molecule has 3 heterocycles. The van der Waals surface area contributed by atoms with Crippen molar-refractivity contribution in [1.82, 2.24) is 9.97 Å². The molecule has 5 nitrogen and oxygen atoms in total. The van der Waals surface area contributed by atoms with Gasteiger partial charge < -0.3 is 13.7 Å². The van der Waals surface area contributed by atoms with E-state index in [1.54, 1.807) is 0 Å². The Kier molecular flexibility index (Phi) is 7.10. The highest BCUT2D eigenvalue weighted by atomic mass is 16.3. The van der Waals surface area contributed by atoms with Crippen LogP contribution in [-0.4, -0.2) is 9.97 Å². The van der Waals surface area contributed by atoms with Gasteiger partial charge in [0.25, 0.3) is 0 Å². The molecule has 0 aliphatic heterocycles. The third kappa shape index (κ3) is 5.24. The summed E-state index contributed by atoms with van der Waals surface area (Å²) in [6.45, 7) is 0. The molecule has 0 spiro atoms. The molecule has 0 atom stereocenters. The first-order chi connectivity index (χ1) is 27.2. The number of furan rings is 2.